The summed E-state index contributed by atoms with van der Waals surface area (Å²) in [4.78, 5) is 0. The van der Waals surface area contributed by atoms with Crippen molar-refractivity contribution in [3.63, 3.8) is 0 Å². The van der Waals surface area contributed by atoms with Crippen LogP contribution in [0.3, 0.4) is 0 Å². The van der Waals surface area contributed by atoms with Crippen LogP contribution in [0.5, 0.6) is 17.2 Å². The van der Waals surface area contributed by atoms with Crippen LogP contribution in [-0.4, -0.2) is 46.3 Å². The number of hydrogen-bond donors (Lipinski definition) is 0. The van der Waals surface area contributed by atoms with Crippen LogP contribution in [0, 0.1) is 12.7 Å². The van der Waals surface area contributed by atoms with E-state index < -0.39 is 5.82 Å². The van der Waals surface area contributed by atoms with Crippen LogP contribution >= 0.6 is 11.8 Å². The van der Waals surface area contributed by atoms with Crippen molar-refractivity contribution in [2.24, 2.45) is 0 Å². The third-order valence-electron chi connectivity index (χ3n) is 4.54. The lowest BCUT2D eigenvalue weighted by Gasteiger charge is -2.15. The van der Waals surface area contributed by atoms with Crippen molar-refractivity contribution >= 4 is 11.8 Å². The van der Waals surface area contributed by atoms with Crippen LogP contribution in [0.25, 0.3) is 17.1 Å². The largest absolute Gasteiger partial charge is 0.493 e. The van der Waals surface area contributed by atoms with Crippen LogP contribution < -0.4 is 14.2 Å². The second-order valence-electron chi connectivity index (χ2n) is 6.51. The Balaban J connectivity index is 1.84. The molecule has 2 heterocycles. The molecule has 0 saturated carbocycles. The topological polar surface area (TPSA) is 97.3 Å². The molecular weight excluding hydrogens is 437 g/mol. The zero-order valence-corrected chi connectivity index (χ0v) is 18.6. The standard InChI is InChI=1S/C21H20FN5O4S/c1-12-23-24-18(31-12)11-32-21-26-25-20(27(21)15-8-6-5-7-14(15)22)13-9-16(28-2)19(30-4)17(10-13)29-3/h5-10H,11H2,1-4H3. The first-order valence-electron chi connectivity index (χ1n) is 9.48. The Labute approximate surface area is 187 Å². The molecule has 0 fully saturated rings. The summed E-state index contributed by atoms with van der Waals surface area (Å²) in [5.41, 5.74) is 0.904. The Bertz CT molecular complexity index is 1220. The molecule has 0 amide bonds. The number of para-hydroxylation sites is 1. The first-order valence-corrected chi connectivity index (χ1v) is 10.5. The van der Waals surface area contributed by atoms with E-state index in [2.05, 4.69) is 20.4 Å². The van der Waals surface area contributed by atoms with E-state index in [1.54, 1.807) is 41.8 Å². The number of ether oxygens (including phenoxy) is 3. The van der Waals surface area contributed by atoms with Crippen molar-refractivity contribution in [2.75, 3.05) is 21.3 Å². The molecule has 2 aromatic heterocycles. The number of thioether (sulfide) groups is 1. The highest BCUT2D eigenvalue weighted by Crippen LogP contribution is 2.42. The molecule has 0 N–H and O–H groups in total. The number of rotatable bonds is 8. The van der Waals surface area contributed by atoms with Crippen molar-refractivity contribution in [3.05, 3.63) is 54.0 Å². The molecule has 0 aliphatic rings. The fourth-order valence-electron chi connectivity index (χ4n) is 3.13. The van der Waals surface area contributed by atoms with E-state index in [1.807, 2.05) is 0 Å². The van der Waals surface area contributed by atoms with Gasteiger partial charge in [-0.2, -0.15) is 0 Å². The maximum absolute atomic E-state index is 14.8. The lowest BCUT2D eigenvalue weighted by molar-refractivity contribution is 0.324. The zero-order chi connectivity index (χ0) is 22.7. The van der Waals surface area contributed by atoms with Gasteiger partial charge in [-0.15, -0.1) is 20.4 Å². The van der Waals surface area contributed by atoms with Gasteiger partial charge in [0.25, 0.3) is 0 Å². The van der Waals surface area contributed by atoms with Crippen molar-refractivity contribution in [1.82, 2.24) is 25.0 Å². The highest BCUT2D eigenvalue weighted by molar-refractivity contribution is 7.98. The normalized spacial score (nSPS) is 10.9. The Morgan fingerprint density at radius 2 is 1.69 bits per heavy atom. The average molecular weight is 457 g/mol. The molecule has 4 rings (SSSR count). The quantitative estimate of drug-likeness (QED) is 0.363. The van der Waals surface area contributed by atoms with Crippen molar-refractivity contribution < 1.29 is 23.0 Å². The van der Waals surface area contributed by atoms with E-state index in [9.17, 15) is 4.39 Å². The molecule has 0 aliphatic heterocycles. The zero-order valence-electron chi connectivity index (χ0n) is 17.8. The summed E-state index contributed by atoms with van der Waals surface area (Å²) < 4.78 is 38.2. The summed E-state index contributed by atoms with van der Waals surface area (Å²) >= 11 is 1.30. The summed E-state index contributed by atoms with van der Waals surface area (Å²) in [6.07, 6.45) is 0. The molecule has 32 heavy (non-hydrogen) atoms. The van der Waals surface area contributed by atoms with E-state index >= 15 is 0 Å². The van der Waals surface area contributed by atoms with E-state index in [1.165, 1.54) is 39.2 Å². The summed E-state index contributed by atoms with van der Waals surface area (Å²) in [7, 11) is 4.57. The summed E-state index contributed by atoms with van der Waals surface area (Å²) in [5.74, 6) is 2.56. The summed E-state index contributed by atoms with van der Waals surface area (Å²) in [6, 6.07) is 9.87. The van der Waals surface area contributed by atoms with E-state index in [4.69, 9.17) is 18.6 Å². The van der Waals surface area contributed by atoms with Crippen LogP contribution in [-0.2, 0) is 5.75 Å². The van der Waals surface area contributed by atoms with E-state index in [0.717, 1.165) is 0 Å². The summed E-state index contributed by atoms with van der Waals surface area (Å²) in [6.45, 7) is 1.71. The lowest BCUT2D eigenvalue weighted by Crippen LogP contribution is -2.03. The van der Waals surface area contributed by atoms with Crippen LogP contribution in [0.4, 0.5) is 4.39 Å². The van der Waals surface area contributed by atoms with Gasteiger partial charge in [-0.05, 0) is 24.3 Å². The second-order valence-corrected chi connectivity index (χ2v) is 7.45. The fraction of sp³-hybridized carbons (Fsp3) is 0.238. The highest BCUT2D eigenvalue weighted by atomic mass is 32.2. The minimum atomic E-state index is -0.420. The molecule has 0 spiro atoms. The smallest absolute Gasteiger partial charge is 0.226 e. The van der Waals surface area contributed by atoms with Crippen LogP contribution in [0.1, 0.15) is 11.8 Å². The van der Waals surface area contributed by atoms with Gasteiger partial charge in [0, 0.05) is 12.5 Å². The Morgan fingerprint density at radius 3 is 2.28 bits per heavy atom. The van der Waals surface area contributed by atoms with E-state index in [-0.39, 0.29) is 0 Å². The number of benzene rings is 2. The Kier molecular flexibility index (Phi) is 6.26. The lowest BCUT2D eigenvalue weighted by atomic mass is 10.1. The first kappa shape index (κ1) is 21.6. The predicted molar refractivity (Wildman–Crippen MR) is 115 cm³/mol. The molecule has 0 bridgehead atoms. The third-order valence-corrected chi connectivity index (χ3v) is 5.46. The molecule has 0 radical (unpaired) electrons. The fourth-order valence-corrected chi connectivity index (χ4v) is 3.91. The SMILES string of the molecule is COc1cc(-c2nnc(SCc3nnc(C)o3)n2-c2ccccc2F)cc(OC)c1OC. The van der Waals surface area contributed by atoms with Gasteiger partial charge < -0.3 is 18.6 Å². The first-order chi connectivity index (χ1) is 15.5. The second kappa shape index (κ2) is 9.27. The number of halogens is 1. The predicted octanol–water partition coefficient (Wildman–Crippen LogP) is 4.08. The van der Waals surface area contributed by atoms with Gasteiger partial charge in [0.1, 0.15) is 5.82 Å². The van der Waals surface area contributed by atoms with E-state index in [0.29, 0.717) is 57.0 Å². The van der Waals surface area contributed by atoms with Gasteiger partial charge in [0.2, 0.25) is 17.5 Å². The molecule has 166 valence electrons. The third kappa shape index (κ3) is 4.11. The maximum atomic E-state index is 14.8. The minimum Gasteiger partial charge on any atom is -0.493 e. The molecule has 11 heteroatoms. The molecule has 4 aromatic rings. The number of aromatic nitrogens is 5. The minimum absolute atomic E-state index is 0.297. The van der Waals surface area contributed by atoms with Gasteiger partial charge in [-0.1, -0.05) is 23.9 Å². The number of nitrogens with zero attached hydrogens (tertiary/aromatic N) is 5. The Morgan fingerprint density at radius 1 is 0.969 bits per heavy atom. The summed E-state index contributed by atoms with van der Waals surface area (Å²) in [5, 5.41) is 16.9. The molecule has 0 aliphatic carbocycles. The van der Waals surface area contributed by atoms with Crippen molar-refractivity contribution in [3.8, 4) is 34.3 Å². The molecule has 0 atom stereocenters. The van der Waals surface area contributed by atoms with Gasteiger partial charge in [-0.25, -0.2) is 4.39 Å². The number of aryl methyl sites for hydroxylation is 1. The van der Waals surface area contributed by atoms with Crippen LogP contribution in [0.15, 0.2) is 46.0 Å². The molecule has 2 aromatic carbocycles. The van der Waals surface area contributed by atoms with Crippen molar-refractivity contribution in [1.29, 1.82) is 0 Å². The highest BCUT2D eigenvalue weighted by Gasteiger charge is 2.22. The number of methoxy groups -OCH3 is 3. The maximum Gasteiger partial charge on any atom is 0.226 e. The molecule has 9 nitrogen and oxygen atoms in total. The van der Waals surface area contributed by atoms with Crippen molar-refractivity contribution in [2.45, 2.75) is 17.8 Å². The van der Waals surface area contributed by atoms with Crippen LogP contribution in [0.2, 0.25) is 0 Å². The van der Waals surface area contributed by atoms with Gasteiger partial charge in [0.15, 0.2) is 22.5 Å². The average Bonchev–Trinajstić information content (AvgIpc) is 3.42. The monoisotopic (exact) mass is 457 g/mol. The Hall–Kier alpha value is -3.60. The molecular formula is C21H20FN5O4S. The molecule has 0 saturated heterocycles. The molecule has 0 unspecified atom stereocenters. The van der Waals surface area contributed by atoms with Gasteiger partial charge in [-0.3, -0.25) is 4.57 Å². The van der Waals surface area contributed by atoms with Gasteiger partial charge >= 0.3 is 0 Å². The number of hydrogen-bond acceptors (Lipinski definition) is 9. The van der Waals surface area contributed by atoms with Gasteiger partial charge in [0.05, 0.1) is 32.8 Å².